The lowest BCUT2D eigenvalue weighted by molar-refractivity contribution is 0.192. The van der Waals surface area contributed by atoms with Gasteiger partial charge in [0.15, 0.2) is 0 Å². The van der Waals surface area contributed by atoms with Gasteiger partial charge in [-0.15, -0.1) is 5.10 Å². The number of nitriles is 1. The number of methoxy groups -OCH3 is 1. The number of hydrogen-bond donors (Lipinski definition) is 2. The van der Waals surface area contributed by atoms with E-state index < -0.39 is 0 Å². The van der Waals surface area contributed by atoms with Crippen molar-refractivity contribution in [2.45, 2.75) is 38.3 Å². The van der Waals surface area contributed by atoms with Gasteiger partial charge in [-0.05, 0) is 78.5 Å². The van der Waals surface area contributed by atoms with Gasteiger partial charge in [-0.2, -0.15) is 5.26 Å². The van der Waals surface area contributed by atoms with Crippen LogP contribution in [0, 0.1) is 17.1 Å². The average Bonchev–Trinajstić information content (AvgIpc) is 3.47. The minimum absolute atomic E-state index is 0.143. The second kappa shape index (κ2) is 11.8. The van der Waals surface area contributed by atoms with Gasteiger partial charge in [0.25, 0.3) is 0 Å². The highest BCUT2D eigenvalue weighted by molar-refractivity contribution is 5.68. The van der Waals surface area contributed by atoms with Crippen LogP contribution in [0.5, 0.6) is 11.5 Å². The van der Waals surface area contributed by atoms with Gasteiger partial charge in [0.05, 0.1) is 24.9 Å². The zero-order valence-electron chi connectivity index (χ0n) is 21.6. The molecule has 12 heteroatoms. The van der Waals surface area contributed by atoms with Gasteiger partial charge >= 0.3 is 0 Å². The molecule has 0 amide bonds. The number of halogens is 1. The van der Waals surface area contributed by atoms with Crippen molar-refractivity contribution < 1.29 is 13.9 Å². The van der Waals surface area contributed by atoms with Crippen LogP contribution >= 0.6 is 0 Å². The van der Waals surface area contributed by atoms with Gasteiger partial charge in [0.1, 0.15) is 35.8 Å². The summed E-state index contributed by atoms with van der Waals surface area (Å²) in [6, 6.07) is 10.7. The third-order valence-electron chi connectivity index (χ3n) is 6.60. The van der Waals surface area contributed by atoms with Crippen LogP contribution in [0.25, 0.3) is 11.1 Å². The number of rotatable bonds is 9. The number of aromatic nitrogens is 6. The van der Waals surface area contributed by atoms with E-state index in [1.165, 1.54) is 19.5 Å². The maximum absolute atomic E-state index is 14.8. The molecular formula is C27H28FN9O2. The fraction of sp³-hybridized carbons (Fsp3) is 0.333. The van der Waals surface area contributed by atoms with E-state index in [4.69, 9.17) is 9.47 Å². The number of benzene rings is 2. The van der Waals surface area contributed by atoms with Crippen molar-refractivity contribution in [2.75, 3.05) is 25.5 Å². The summed E-state index contributed by atoms with van der Waals surface area (Å²) in [6.07, 6.45) is 6.33. The van der Waals surface area contributed by atoms with E-state index in [1.807, 2.05) is 13.0 Å². The lowest BCUT2D eigenvalue weighted by atomic mass is 9.89. The molecule has 3 heterocycles. The molecule has 1 aliphatic rings. The SMILES string of the molecule is COc1cc(F)c(C2CCNCC2)cc1Nc1ncc(-c2ccc(C#N)c(O[C@@H](C)Cn3cnnn3)c2)cn1. The number of tetrazole rings is 1. The summed E-state index contributed by atoms with van der Waals surface area (Å²) < 4.78 is 27.8. The van der Waals surface area contributed by atoms with Crippen molar-refractivity contribution in [3.63, 3.8) is 0 Å². The number of nitrogens with zero attached hydrogens (tertiary/aromatic N) is 7. The Morgan fingerprint density at radius 1 is 1.15 bits per heavy atom. The topological polar surface area (TPSA) is 136 Å². The van der Waals surface area contributed by atoms with E-state index in [-0.39, 0.29) is 17.8 Å². The highest BCUT2D eigenvalue weighted by Gasteiger charge is 2.21. The number of piperidine rings is 1. The highest BCUT2D eigenvalue weighted by Crippen LogP contribution is 2.36. The van der Waals surface area contributed by atoms with Crippen LogP contribution in [0.1, 0.15) is 36.8 Å². The fourth-order valence-electron chi connectivity index (χ4n) is 4.62. The molecule has 1 saturated heterocycles. The standard InChI is InChI=1S/C27H28FN9O2/c1-17(15-37-16-33-35-36-37)39-25-9-19(3-4-20(25)12-29)21-13-31-27(32-14-21)34-24-10-22(18-5-7-30-8-6-18)23(28)11-26(24)38-2/h3-4,9-11,13-14,16-18,30H,5-8,15H2,1-2H3,(H,31,32,34)/t17-/m0/s1. The minimum atomic E-state index is -0.279. The Morgan fingerprint density at radius 3 is 2.64 bits per heavy atom. The van der Waals surface area contributed by atoms with Crippen LogP contribution < -0.4 is 20.1 Å². The molecule has 0 unspecified atom stereocenters. The first-order valence-electron chi connectivity index (χ1n) is 12.6. The van der Waals surface area contributed by atoms with E-state index in [1.54, 1.807) is 35.3 Å². The minimum Gasteiger partial charge on any atom is -0.494 e. The maximum atomic E-state index is 14.8. The predicted molar refractivity (Wildman–Crippen MR) is 141 cm³/mol. The molecule has 0 radical (unpaired) electrons. The lowest BCUT2D eigenvalue weighted by Crippen LogP contribution is -2.27. The molecule has 5 rings (SSSR count). The molecule has 0 bridgehead atoms. The Labute approximate surface area is 225 Å². The number of nitrogens with one attached hydrogen (secondary N) is 2. The van der Waals surface area contributed by atoms with Crippen LogP contribution in [0.3, 0.4) is 0 Å². The average molecular weight is 530 g/mol. The van der Waals surface area contributed by atoms with E-state index >= 15 is 0 Å². The monoisotopic (exact) mass is 529 g/mol. The van der Waals surface area contributed by atoms with E-state index in [0.717, 1.165) is 37.1 Å². The summed E-state index contributed by atoms with van der Waals surface area (Å²) in [5.41, 5.74) is 3.21. The molecule has 2 N–H and O–H groups in total. The van der Waals surface area contributed by atoms with Crippen molar-refractivity contribution in [1.29, 1.82) is 5.26 Å². The molecule has 39 heavy (non-hydrogen) atoms. The zero-order valence-corrected chi connectivity index (χ0v) is 21.6. The van der Waals surface area contributed by atoms with Crippen molar-refractivity contribution in [3.8, 4) is 28.7 Å². The second-order valence-electron chi connectivity index (χ2n) is 9.30. The maximum Gasteiger partial charge on any atom is 0.227 e. The molecule has 2 aromatic carbocycles. The van der Waals surface area contributed by atoms with E-state index in [2.05, 4.69) is 42.2 Å². The van der Waals surface area contributed by atoms with Crippen LogP contribution in [-0.4, -0.2) is 56.5 Å². The largest absolute Gasteiger partial charge is 0.494 e. The van der Waals surface area contributed by atoms with Gasteiger partial charge in [0.2, 0.25) is 5.95 Å². The van der Waals surface area contributed by atoms with Gasteiger partial charge in [-0.3, -0.25) is 0 Å². The Bertz CT molecular complexity index is 1450. The molecule has 11 nitrogen and oxygen atoms in total. The Balaban J connectivity index is 1.34. The lowest BCUT2D eigenvalue weighted by Gasteiger charge is -2.24. The molecule has 2 aromatic heterocycles. The molecule has 1 aliphatic heterocycles. The summed E-state index contributed by atoms with van der Waals surface area (Å²) >= 11 is 0. The van der Waals surface area contributed by atoms with E-state index in [0.29, 0.717) is 40.8 Å². The normalized spacial score (nSPS) is 14.4. The first-order valence-corrected chi connectivity index (χ1v) is 12.6. The van der Waals surface area contributed by atoms with E-state index in [9.17, 15) is 9.65 Å². The Kier molecular flexibility index (Phi) is 7.88. The Hall–Kier alpha value is -4.63. The van der Waals surface area contributed by atoms with Gasteiger partial charge in [-0.1, -0.05) is 6.07 Å². The third kappa shape index (κ3) is 6.10. The molecular weight excluding hydrogens is 501 g/mol. The zero-order chi connectivity index (χ0) is 27.2. The first kappa shape index (κ1) is 26.0. The van der Waals surface area contributed by atoms with Crippen molar-refractivity contribution >= 4 is 11.6 Å². The summed E-state index contributed by atoms with van der Waals surface area (Å²) in [4.78, 5) is 8.92. The van der Waals surface area contributed by atoms with Crippen molar-refractivity contribution in [1.82, 2.24) is 35.5 Å². The summed E-state index contributed by atoms with van der Waals surface area (Å²) in [5.74, 6) is 1.04. The van der Waals surface area contributed by atoms with Crippen molar-refractivity contribution in [2.24, 2.45) is 0 Å². The summed E-state index contributed by atoms with van der Waals surface area (Å²) in [7, 11) is 1.50. The molecule has 1 fully saturated rings. The quantitative estimate of drug-likeness (QED) is 0.329. The predicted octanol–water partition coefficient (Wildman–Crippen LogP) is 3.83. The van der Waals surface area contributed by atoms with Gasteiger partial charge in [0, 0.05) is 24.0 Å². The van der Waals surface area contributed by atoms with Crippen LogP contribution in [-0.2, 0) is 6.54 Å². The molecule has 0 aliphatic carbocycles. The van der Waals surface area contributed by atoms with Crippen LogP contribution in [0.4, 0.5) is 16.0 Å². The highest BCUT2D eigenvalue weighted by atomic mass is 19.1. The molecule has 200 valence electrons. The number of anilines is 2. The molecule has 0 saturated carbocycles. The first-order chi connectivity index (χ1) is 19.0. The second-order valence-corrected chi connectivity index (χ2v) is 9.30. The third-order valence-corrected chi connectivity index (χ3v) is 6.60. The molecule has 1 atom stereocenters. The van der Waals surface area contributed by atoms with Crippen LogP contribution in [0.15, 0.2) is 49.1 Å². The van der Waals surface area contributed by atoms with Crippen LogP contribution in [0.2, 0.25) is 0 Å². The van der Waals surface area contributed by atoms with Gasteiger partial charge in [-0.25, -0.2) is 19.0 Å². The molecule has 4 aromatic rings. The number of hydrogen-bond acceptors (Lipinski definition) is 10. The van der Waals surface area contributed by atoms with Crippen molar-refractivity contribution in [3.05, 3.63) is 66.0 Å². The summed E-state index contributed by atoms with van der Waals surface area (Å²) in [5, 5.41) is 27.1. The fourth-order valence-corrected chi connectivity index (χ4v) is 4.62. The van der Waals surface area contributed by atoms with Gasteiger partial charge < -0.3 is 20.1 Å². The smallest absolute Gasteiger partial charge is 0.227 e. The number of ether oxygens (including phenoxy) is 2. The Morgan fingerprint density at radius 2 is 1.95 bits per heavy atom. The molecule has 0 spiro atoms. The summed E-state index contributed by atoms with van der Waals surface area (Å²) in [6.45, 7) is 4.03.